The third-order valence-corrected chi connectivity index (χ3v) is 4.01. The summed E-state index contributed by atoms with van der Waals surface area (Å²) in [5.74, 6) is -2.03. The number of aromatic carboxylic acids is 2. The highest BCUT2D eigenvalue weighted by Gasteiger charge is 2.14. The van der Waals surface area contributed by atoms with E-state index in [1.807, 2.05) is 45.9 Å². The standard InChI is InChI=1S/C8H5BrN2O2.C8H6N2O2.2C2H6/c9-7-6(8(12)13)10-5-3-1-2-4-11(5)7;11-8(12)6-5-10-4-2-1-3-7(10)9-6;2*1-2/h1-4H,(H,12,13);1-5H,(H,11,12);2*1-2H3. The minimum absolute atomic E-state index is 0.0335. The van der Waals surface area contributed by atoms with Crippen molar-refractivity contribution in [3.05, 3.63) is 71.0 Å². The fourth-order valence-corrected chi connectivity index (χ4v) is 2.70. The number of imidazole rings is 2. The smallest absolute Gasteiger partial charge is 0.357 e. The molecule has 4 rings (SSSR count). The maximum Gasteiger partial charge on any atom is 0.357 e. The first-order valence-corrected chi connectivity index (χ1v) is 9.79. The van der Waals surface area contributed by atoms with Crippen LogP contribution in [-0.2, 0) is 0 Å². The molecule has 0 fully saturated rings. The maximum absolute atomic E-state index is 10.7. The Morgan fingerprint density at radius 1 is 0.862 bits per heavy atom. The van der Waals surface area contributed by atoms with E-state index >= 15 is 0 Å². The lowest BCUT2D eigenvalue weighted by atomic mass is 10.5. The summed E-state index contributed by atoms with van der Waals surface area (Å²) in [5, 5.41) is 17.4. The molecule has 4 heterocycles. The molecule has 0 bridgehead atoms. The Morgan fingerprint density at radius 3 is 1.97 bits per heavy atom. The largest absolute Gasteiger partial charge is 0.476 e. The second-order valence-corrected chi connectivity index (χ2v) is 5.63. The van der Waals surface area contributed by atoms with E-state index in [1.165, 1.54) is 6.20 Å². The third-order valence-electron chi connectivity index (χ3n) is 3.26. The molecule has 0 unspecified atom stereocenters. The molecule has 9 heteroatoms. The molecule has 0 amide bonds. The Morgan fingerprint density at radius 2 is 1.45 bits per heavy atom. The summed E-state index contributed by atoms with van der Waals surface area (Å²) < 4.78 is 3.81. The van der Waals surface area contributed by atoms with Gasteiger partial charge in [-0.3, -0.25) is 4.40 Å². The van der Waals surface area contributed by atoms with Crippen LogP contribution in [0.5, 0.6) is 0 Å². The molecule has 0 radical (unpaired) electrons. The number of carbonyl (C=O) groups is 2. The molecule has 2 N–H and O–H groups in total. The summed E-state index contributed by atoms with van der Waals surface area (Å²) in [6.45, 7) is 8.00. The maximum atomic E-state index is 10.7. The van der Waals surface area contributed by atoms with Gasteiger partial charge in [-0.05, 0) is 40.2 Å². The highest BCUT2D eigenvalue weighted by molar-refractivity contribution is 9.10. The molecule has 0 saturated heterocycles. The first kappa shape index (κ1) is 23.8. The monoisotopic (exact) mass is 462 g/mol. The van der Waals surface area contributed by atoms with E-state index in [-0.39, 0.29) is 11.4 Å². The van der Waals surface area contributed by atoms with E-state index in [0.29, 0.717) is 15.9 Å². The van der Waals surface area contributed by atoms with Crippen molar-refractivity contribution in [1.82, 2.24) is 18.8 Å². The van der Waals surface area contributed by atoms with Gasteiger partial charge in [0.05, 0.1) is 0 Å². The Labute approximate surface area is 176 Å². The minimum Gasteiger partial charge on any atom is -0.476 e. The van der Waals surface area contributed by atoms with Gasteiger partial charge in [-0.1, -0.05) is 39.8 Å². The number of rotatable bonds is 2. The van der Waals surface area contributed by atoms with Crippen molar-refractivity contribution in [3.8, 4) is 0 Å². The van der Waals surface area contributed by atoms with E-state index in [9.17, 15) is 9.59 Å². The van der Waals surface area contributed by atoms with Crippen LogP contribution in [0.4, 0.5) is 0 Å². The highest BCUT2D eigenvalue weighted by atomic mass is 79.9. The quantitative estimate of drug-likeness (QED) is 0.439. The highest BCUT2D eigenvalue weighted by Crippen LogP contribution is 2.18. The van der Waals surface area contributed by atoms with Crippen molar-refractivity contribution in [2.45, 2.75) is 27.7 Å². The van der Waals surface area contributed by atoms with Crippen molar-refractivity contribution in [2.24, 2.45) is 0 Å². The molecule has 0 aliphatic carbocycles. The van der Waals surface area contributed by atoms with Crippen LogP contribution in [0.2, 0.25) is 0 Å². The average Bonchev–Trinajstić information content (AvgIpc) is 3.33. The lowest BCUT2D eigenvalue weighted by Crippen LogP contribution is -1.97. The van der Waals surface area contributed by atoms with Crippen molar-refractivity contribution in [2.75, 3.05) is 0 Å². The molecule has 0 aromatic carbocycles. The van der Waals surface area contributed by atoms with Gasteiger partial charge < -0.3 is 14.6 Å². The summed E-state index contributed by atoms with van der Waals surface area (Å²) in [7, 11) is 0. The lowest BCUT2D eigenvalue weighted by molar-refractivity contribution is 0.0680. The van der Waals surface area contributed by atoms with Crippen LogP contribution in [0, 0.1) is 0 Å². The number of halogens is 1. The SMILES string of the molecule is CC.CC.O=C(O)c1cn2ccccc2n1.O=C(O)c1nc2ccccn2c1Br. The van der Waals surface area contributed by atoms with Gasteiger partial charge >= 0.3 is 11.9 Å². The molecule has 0 spiro atoms. The van der Waals surface area contributed by atoms with E-state index < -0.39 is 11.9 Å². The molecule has 0 aliphatic heterocycles. The van der Waals surface area contributed by atoms with Crippen LogP contribution >= 0.6 is 15.9 Å². The van der Waals surface area contributed by atoms with E-state index in [4.69, 9.17) is 10.2 Å². The Bertz CT molecular complexity index is 1060. The summed E-state index contributed by atoms with van der Waals surface area (Å²) in [4.78, 5) is 29.0. The van der Waals surface area contributed by atoms with Crippen LogP contribution in [0.25, 0.3) is 11.3 Å². The number of hydrogen-bond donors (Lipinski definition) is 2. The first-order chi connectivity index (χ1) is 14.0. The minimum atomic E-state index is -1.03. The lowest BCUT2D eigenvalue weighted by Gasteiger charge is -1.91. The van der Waals surface area contributed by atoms with Crippen molar-refractivity contribution in [1.29, 1.82) is 0 Å². The number of carboxylic acid groups (broad SMARTS) is 2. The zero-order valence-electron chi connectivity index (χ0n) is 16.6. The number of pyridine rings is 2. The Balaban J connectivity index is 0.000000248. The Hall–Kier alpha value is -3.20. The van der Waals surface area contributed by atoms with Gasteiger partial charge in [-0.15, -0.1) is 0 Å². The first-order valence-electron chi connectivity index (χ1n) is 9.00. The molecule has 4 aromatic heterocycles. The van der Waals surface area contributed by atoms with E-state index in [1.54, 1.807) is 39.4 Å². The van der Waals surface area contributed by atoms with Gasteiger partial charge in [0.2, 0.25) is 0 Å². The molecule has 4 aromatic rings. The molecule has 8 nitrogen and oxygen atoms in total. The van der Waals surface area contributed by atoms with Gasteiger partial charge in [0.25, 0.3) is 0 Å². The molecule has 29 heavy (non-hydrogen) atoms. The van der Waals surface area contributed by atoms with Crippen molar-refractivity contribution < 1.29 is 19.8 Å². The van der Waals surface area contributed by atoms with Crippen LogP contribution < -0.4 is 0 Å². The second kappa shape index (κ2) is 11.6. The molecular weight excluding hydrogens is 440 g/mol. The summed E-state index contributed by atoms with van der Waals surface area (Å²) in [6, 6.07) is 10.8. The fourth-order valence-electron chi connectivity index (χ4n) is 2.14. The van der Waals surface area contributed by atoms with Gasteiger partial charge in [0.1, 0.15) is 15.9 Å². The van der Waals surface area contributed by atoms with Crippen LogP contribution in [0.3, 0.4) is 0 Å². The van der Waals surface area contributed by atoms with E-state index in [0.717, 1.165) is 0 Å². The predicted molar refractivity (Wildman–Crippen MR) is 115 cm³/mol. The molecule has 154 valence electrons. The number of fused-ring (bicyclic) bond motifs is 2. The zero-order chi connectivity index (χ0) is 22.0. The normalized spacial score (nSPS) is 9.41. The van der Waals surface area contributed by atoms with E-state index in [2.05, 4.69) is 25.9 Å². The van der Waals surface area contributed by atoms with Gasteiger partial charge in [-0.25, -0.2) is 19.6 Å². The number of aromatic nitrogens is 4. The third kappa shape index (κ3) is 5.89. The van der Waals surface area contributed by atoms with Crippen LogP contribution in [-0.4, -0.2) is 40.9 Å². The predicted octanol–water partition coefficient (Wildman–Crippen LogP) is 4.88. The topological polar surface area (TPSA) is 109 Å². The van der Waals surface area contributed by atoms with Gasteiger partial charge in [0.15, 0.2) is 11.4 Å². The molecule has 0 aliphatic rings. The Kier molecular flexibility index (Phi) is 9.54. The van der Waals surface area contributed by atoms with Gasteiger partial charge in [-0.2, -0.15) is 0 Å². The molecular formula is C20H23BrN4O4. The summed E-state index contributed by atoms with van der Waals surface area (Å²) >= 11 is 3.17. The summed E-state index contributed by atoms with van der Waals surface area (Å²) in [5.41, 5.74) is 1.37. The zero-order valence-corrected chi connectivity index (χ0v) is 18.2. The average molecular weight is 463 g/mol. The number of carboxylic acids is 2. The van der Waals surface area contributed by atoms with Crippen molar-refractivity contribution >= 4 is 39.2 Å². The van der Waals surface area contributed by atoms with Crippen LogP contribution in [0.15, 0.2) is 59.6 Å². The fraction of sp³-hybridized carbons (Fsp3) is 0.200. The van der Waals surface area contributed by atoms with Crippen LogP contribution in [0.1, 0.15) is 48.7 Å². The van der Waals surface area contributed by atoms with Gasteiger partial charge in [0, 0.05) is 18.6 Å². The number of nitrogens with zero attached hydrogens (tertiary/aromatic N) is 4. The van der Waals surface area contributed by atoms with Crippen molar-refractivity contribution in [3.63, 3.8) is 0 Å². The molecule has 0 atom stereocenters. The summed E-state index contributed by atoms with van der Waals surface area (Å²) in [6.07, 6.45) is 4.99. The second-order valence-electron chi connectivity index (χ2n) is 4.88. The molecule has 0 saturated carbocycles. The number of hydrogen-bond acceptors (Lipinski definition) is 4.